The highest BCUT2D eigenvalue weighted by Crippen LogP contribution is 2.42. The standard InChI is InChI=1S/C14H19F/c1-14(10-4-2-3-5-11-14)12-6-8-13(15)9-7-12/h2,4,6,8H,3,5,7,9-11H2,1H3. The van der Waals surface area contributed by atoms with E-state index in [1.54, 1.807) is 6.08 Å². The first-order valence-electron chi connectivity index (χ1n) is 5.91. The number of rotatable bonds is 1. The van der Waals surface area contributed by atoms with Crippen molar-refractivity contribution in [2.24, 2.45) is 5.41 Å². The predicted molar refractivity (Wildman–Crippen MR) is 62.2 cm³/mol. The quantitative estimate of drug-likeness (QED) is 0.546. The Bertz CT molecular complexity index is 322. The normalized spacial score (nSPS) is 31.9. The molecule has 15 heavy (non-hydrogen) atoms. The molecule has 1 heteroatoms. The van der Waals surface area contributed by atoms with Gasteiger partial charge in [0.05, 0.1) is 0 Å². The van der Waals surface area contributed by atoms with E-state index in [-0.39, 0.29) is 11.2 Å². The lowest BCUT2D eigenvalue weighted by atomic mass is 9.73. The molecular formula is C14H19F. The molecule has 0 saturated heterocycles. The van der Waals surface area contributed by atoms with E-state index >= 15 is 0 Å². The second-order valence-electron chi connectivity index (χ2n) is 4.93. The van der Waals surface area contributed by atoms with Crippen LogP contribution in [0.5, 0.6) is 0 Å². The van der Waals surface area contributed by atoms with Crippen molar-refractivity contribution in [1.29, 1.82) is 0 Å². The highest BCUT2D eigenvalue weighted by molar-refractivity contribution is 5.27. The molecule has 0 bridgehead atoms. The van der Waals surface area contributed by atoms with Crippen LogP contribution in [0.4, 0.5) is 4.39 Å². The summed E-state index contributed by atoms with van der Waals surface area (Å²) in [4.78, 5) is 0. The summed E-state index contributed by atoms with van der Waals surface area (Å²) in [6.45, 7) is 2.32. The topological polar surface area (TPSA) is 0 Å². The van der Waals surface area contributed by atoms with Crippen LogP contribution in [0.15, 0.2) is 35.7 Å². The van der Waals surface area contributed by atoms with Crippen LogP contribution >= 0.6 is 0 Å². The third-order valence-electron chi connectivity index (χ3n) is 3.71. The molecule has 2 aliphatic carbocycles. The zero-order valence-electron chi connectivity index (χ0n) is 9.43. The van der Waals surface area contributed by atoms with Crippen LogP contribution in [-0.2, 0) is 0 Å². The molecule has 2 aliphatic rings. The molecule has 82 valence electrons. The summed E-state index contributed by atoms with van der Waals surface area (Å²) in [5.74, 6) is 0.0338. The van der Waals surface area contributed by atoms with Crippen molar-refractivity contribution >= 4 is 0 Å². The molecule has 0 amide bonds. The highest BCUT2D eigenvalue weighted by atomic mass is 19.1. The number of allylic oxidation sites excluding steroid dienone is 6. The van der Waals surface area contributed by atoms with Crippen LogP contribution in [-0.4, -0.2) is 0 Å². The number of hydrogen-bond acceptors (Lipinski definition) is 0. The summed E-state index contributed by atoms with van der Waals surface area (Å²) < 4.78 is 12.9. The molecule has 0 nitrogen and oxygen atoms in total. The average Bonchev–Trinajstić information content (AvgIpc) is 2.45. The average molecular weight is 206 g/mol. The molecule has 0 radical (unpaired) electrons. The summed E-state index contributed by atoms with van der Waals surface area (Å²) in [5, 5.41) is 0. The molecule has 0 aromatic carbocycles. The fourth-order valence-corrected chi connectivity index (χ4v) is 2.58. The smallest absolute Gasteiger partial charge is 0.100 e. The van der Waals surface area contributed by atoms with Gasteiger partial charge >= 0.3 is 0 Å². The molecule has 0 spiro atoms. The molecule has 0 heterocycles. The van der Waals surface area contributed by atoms with Crippen LogP contribution < -0.4 is 0 Å². The van der Waals surface area contributed by atoms with Crippen LogP contribution in [0.3, 0.4) is 0 Å². The van der Waals surface area contributed by atoms with Gasteiger partial charge in [0.1, 0.15) is 5.83 Å². The lowest BCUT2D eigenvalue weighted by Gasteiger charge is -2.32. The second-order valence-corrected chi connectivity index (χ2v) is 4.93. The third-order valence-corrected chi connectivity index (χ3v) is 3.71. The maximum Gasteiger partial charge on any atom is 0.100 e. The number of hydrogen-bond donors (Lipinski definition) is 0. The van der Waals surface area contributed by atoms with Gasteiger partial charge in [-0.3, -0.25) is 0 Å². The second kappa shape index (κ2) is 4.34. The Morgan fingerprint density at radius 3 is 2.80 bits per heavy atom. The van der Waals surface area contributed by atoms with E-state index < -0.39 is 0 Å². The minimum atomic E-state index is 0.0338. The fourth-order valence-electron chi connectivity index (χ4n) is 2.58. The summed E-state index contributed by atoms with van der Waals surface area (Å²) in [7, 11) is 0. The molecule has 0 aromatic rings. The molecule has 0 saturated carbocycles. The van der Waals surface area contributed by atoms with Gasteiger partial charge in [0, 0.05) is 6.42 Å². The van der Waals surface area contributed by atoms with E-state index in [0.717, 1.165) is 12.8 Å². The van der Waals surface area contributed by atoms with Gasteiger partial charge in [0.15, 0.2) is 0 Å². The van der Waals surface area contributed by atoms with E-state index in [0.29, 0.717) is 6.42 Å². The zero-order chi connectivity index (χ0) is 10.7. The van der Waals surface area contributed by atoms with Crippen molar-refractivity contribution in [3.8, 4) is 0 Å². The Morgan fingerprint density at radius 1 is 1.20 bits per heavy atom. The van der Waals surface area contributed by atoms with Crippen LogP contribution in [0, 0.1) is 5.41 Å². The van der Waals surface area contributed by atoms with Crippen molar-refractivity contribution in [3.63, 3.8) is 0 Å². The van der Waals surface area contributed by atoms with E-state index in [9.17, 15) is 4.39 Å². The maximum atomic E-state index is 12.9. The van der Waals surface area contributed by atoms with Crippen molar-refractivity contribution in [1.82, 2.24) is 0 Å². The monoisotopic (exact) mass is 206 g/mol. The first-order chi connectivity index (χ1) is 7.21. The van der Waals surface area contributed by atoms with Crippen LogP contribution in [0.25, 0.3) is 0 Å². The summed E-state index contributed by atoms with van der Waals surface area (Å²) in [6, 6.07) is 0. The van der Waals surface area contributed by atoms with E-state index in [1.165, 1.54) is 24.8 Å². The van der Waals surface area contributed by atoms with Gasteiger partial charge in [0.2, 0.25) is 0 Å². The first kappa shape index (κ1) is 10.7. The molecule has 2 rings (SSSR count). The van der Waals surface area contributed by atoms with Gasteiger partial charge in [-0.2, -0.15) is 0 Å². The maximum absolute atomic E-state index is 12.9. The largest absolute Gasteiger partial charge is 0.212 e. The van der Waals surface area contributed by atoms with Crippen LogP contribution in [0.2, 0.25) is 0 Å². The van der Waals surface area contributed by atoms with Crippen molar-refractivity contribution in [2.75, 3.05) is 0 Å². The summed E-state index contributed by atoms with van der Waals surface area (Å²) in [5.41, 5.74) is 1.72. The summed E-state index contributed by atoms with van der Waals surface area (Å²) in [6.07, 6.45) is 14.6. The molecule has 1 unspecified atom stereocenters. The zero-order valence-corrected chi connectivity index (χ0v) is 9.43. The summed E-state index contributed by atoms with van der Waals surface area (Å²) >= 11 is 0. The first-order valence-corrected chi connectivity index (χ1v) is 5.91. The Balaban J connectivity index is 2.17. The molecule has 1 atom stereocenters. The molecule has 0 N–H and O–H groups in total. The Labute approximate surface area is 91.6 Å². The van der Waals surface area contributed by atoms with Crippen molar-refractivity contribution in [3.05, 3.63) is 35.7 Å². The fraction of sp³-hybridized carbons (Fsp3) is 0.571. The van der Waals surface area contributed by atoms with E-state index in [1.807, 2.05) is 6.08 Å². The minimum absolute atomic E-state index is 0.0338. The van der Waals surface area contributed by atoms with Gasteiger partial charge in [-0.15, -0.1) is 0 Å². The molecule has 0 aliphatic heterocycles. The van der Waals surface area contributed by atoms with Gasteiger partial charge in [-0.1, -0.05) is 30.7 Å². The van der Waals surface area contributed by atoms with Gasteiger partial charge < -0.3 is 0 Å². The Morgan fingerprint density at radius 2 is 2.07 bits per heavy atom. The SMILES string of the molecule is CC1(C2=CC=C(F)CC2)CC=CCCC1. The van der Waals surface area contributed by atoms with Gasteiger partial charge in [-0.05, 0) is 43.6 Å². The van der Waals surface area contributed by atoms with Crippen molar-refractivity contribution in [2.45, 2.75) is 45.4 Å². The van der Waals surface area contributed by atoms with Gasteiger partial charge in [0.25, 0.3) is 0 Å². The van der Waals surface area contributed by atoms with Crippen LogP contribution in [0.1, 0.15) is 45.4 Å². The predicted octanol–water partition coefficient (Wildman–Crippen LogP) is 4.70. The third kappa shape index (κ3) is 2.39. The highest BCUT2D eigenvalue weighted by Gasteiger charge is 2.28. The van der Waals surface area contributed by atoms with E-state index in [2.05, 4.69) is 19.1 Å². The minimum Gasteiger partial charge on any atom is -0.212 e. The lowest BCUT2D eigenvalue weighted by molar-refractivity contribution is 0.350. The molecule has 0 aromatic heterocycles. The number of halogens is 1. The Hall–Kier alpha value is -0.850. The molecule has 0 fully saturated rings. The Kier molecular flexibility index (Phi) is 3.08. The lowest BCUT2D eigenvalue weighted by Crippen LogP contribution is -2.19. The van der Waals surface area contributed by atoms with Gasteiger partial charge in [-0.25, -0.2) is 4.39 Å². The van der Waals surface area contributed by atoms with E-state index in [4.69, 9.17) is 0 Å². The molecular weight excluding hydrogens is 187 g/mol. The van der Waals surface area contributed by atoms with Crippen molar-refractivity contribution < 1.29 is 4.39 Å².